The second-order valence-electron chi connectivity index (χ2n) is 7.48. The number of aromatic hydroxyl groups is 1. The van der Waals surface area contributed by atoms with Crippen molar-refractivity contribution in [3.05, 3.63) is 87.6 Å². The molecular formula is C25H23NO5S. The van der Waals surface area contributed by atoms with E-state index in [0.29, 0.717) is 23.5 Å². The molecule has 2 N–H and O–H groups in total. The highest BCUT2D eigenvalue weighted by atomic mass is 32.1. The summed E-state index contributed by atoms with van der Waals surface area (Å²) >= 11 is 1.48. The smallest absolute Gasteiger partial charge is 0.295 e. The van der Waals surface area contributed by atoms with Crippen molar-refractivity contribution < 1.29 is 24.5 Å². The second-order valence-corrected chi connectivity index (χ2v) is 8.51. The Morgan fingerprint density at radius 3 is 2.62 bits per heavy atom. The van der Waals surface area contributed by atoms with E-state index in [1.165, 1.54) is 28.4 Å². The number of carbonyl (C=O) groups excluding carboxylic acids is 2. The standard InChI is InChI=1S/C25H23NO5S/c1-2-11-31-19-9-4-7-17(14-19)23(28)21-22(16-6-3-8-18(27)13-16)26(25(30)24(21)29)15-20-10-5-12-32-20/h3-10,12-14,22,27-28H,2,11,15H2,1H3/b23-21-. The number of benzene rings is 2. The summed E-state index contributed by atoms with van der Waals surface area (Å²) in [6.45, 7) is 2.74. The van der Waals surface area contributed by atoms with Crippen LogP contribution in [0.2, 0.25) is 0 Å². The molecule has 7 heteroatoms. The molecule has 0 aliphatic carbocycles. The molecule has 1 aromatic heterocycles. The molecule has 0 saturated carbocycles. The van der Waals surface area contributed by atoms with E-state index in [1.807, 2.05) is 24.4 Å². The molecule has 1 saturated heterocycles. The van der Waals surface area contributed by atoms with Crippen LogP contribution in [0.25, 0.3) is 5.76 Å². The predicted octanol–water partition coefficient (Wildman–Crippen LogP) is 4.86. The zero-order chi connectivity index (χ0) is 22.7. The average Bonchev–Trinajstić information content (AvgIpc) is 3.40. The molecule has 3 aromatic rings. The molecule has 2 aromatic carbocycles. The van der Waals surface area contributed by atoms with Crippen molar-refractivity contribution in [1.29, 1.82) is 0 Å². The van der Waals surface area contributed by atoms with Gasteiger partial charge in [-0.05, 0) is 47.7 Å². The van der Waals surface area contributed by atoms with Gasteiger partial charge in [-0.2, -0.15) is 0 Å². The van der Waals surface area contributed by atoms with E-state index in [1.54, 1.807) is 36.4 Å². The Morgan fingerprint density at radius 1 is 1.09 bits per heavy atom. The number of phenolic OH excluding ortho intramolecular Hbond substituents is 1. The van der Waals surface area contributed by atoms with Crippen LogP contribution in [0.15, 0.2) is 71.6 Å². The zero-order valence-electron chi connectivity index (χ0n) is 17.5. The average molecular weight is 450 g/mol. The quantitative estimate of drug-likeness (QED) is 0.305. The largest absolute Gasteiger partial charge is 0.508 e. The molecule has 164 valence electrons. The number of rotatable bonds is 7. The summed E-state index contributed by atoms with van der Waals surface area (Å²) in [5.74, 6) is -1.14. The minimum Gasteiger partial charge on any atom is -0.508 e. The van der Waals surface area contributed by atoms with E-state index in [4.69, 9.17) is 4.74 Å². The number of aliphatic hydroxyl groups is 1. The highest BCUT2D eigenvalue weighted by Crippen LogP contribution is 2.41. The van der Waals surface area contributed by atoms with Crippen molar-refractivity contribution in [2.75, 3.05) is 6.61 Å². The van der Waals surface area contributed by atoms with Crippen molar-refractivity contribution >= 4 is 28.8 Å². The number of aliphatic hydroxyl groups excluding tert-OH is 1. The summed E-state index contributed by atoms with van der Waals surface area (Å²) in [6.07, 6.45) is 0.835. The van der Waals surface area contributed by atoms with E-state index >= 15 is 0 Å². The third-order valence-electron chi connectivity index (χ3n) is 5.21. The lowest BCUT2D eigenvalue weighted by Crippen LogP contribution is -2.28. The van der Waals surface area contributed by atoms with Gasteiger partial charge in [0.15, 0.2) is 0 Å². The van der Waals surface area contributed by atoms with Gasteiger partial charge in [-0.1, -0.05) is 37.3 Å². The number of nitrogens with zero attached hydrogens (tertiary/aromatic N) is 1. The number of amides is 1. The summed E-state index contributed by atoms with van der Waals surface area (Å²) in [5.41, 5.74) is 0.920. The van der Waals surface area contributed by atoms with E-state index in [0.717, 1.165) is 11.3 Å². The molecular weight excluding hydrogens is 426 g/mol. The van der Waals surface area contributed by atoms with Crippen LogP contribution in [0.3, 0.4) is 0 Å². The maximum atomic E-state index is 13.1. The number of hydrogen-bond donors (Lipinski definition) is 2. The van der Waals surface area contributed by atoms with Gasteiger partial charge in [-0.3, -0.25) is 9.59 Å². The van der Waals surface area contributed by atoms with Crippen LogP contribution in [0.5, 0.6) is 11.5 Å². The Hall–Kier alpha value is -3.58. The molecule has 1 fully saturated rings. The molecule has 1 aliphatic heterocycles. The predicted molar refractivity (Wildman–Crippen MR) is 123 cm³/mol. The number of Topliss-reactive ketones (excluding diaryl/α,β-unsaturated/α-hetero) is 1. The Bertz CT molecular complexity index is 1170. The molecule has 1 amide bonds. The molecule has 2 heterocycles. The first kappa shape index (κ1) is 21.6. The van der Waals surface area contributed by atoms with Gasteiger partial charge in [-0.15, -0.1) is 11.3 Å². The second kappa shape index (κ2) is 9.28. The van der Waals surface area contributed by atoms with Gasteiger partial charge in [0.25, 0.3) is 11.7 Å². The third-order valence-corrected chi connectivity index (χ3v) is 6.07. The number of likely N-dealkylation sites (tertiary alicyclic amines) is 1. The lowest BCUT2D eigenvalue weighted by molar-refractivity contribution is -0.140. The number of ether oxygens (including phenoxy) is 1. The summed E-state index contributed by atoms with van der Waals surface area (Å²) in [6, 6.07) is 16.2. The third kappa shape index (κ3) is 4.24. The number of thiophene rings is 1. The first-order chi connectivity index (χ1) is 15.5. The van der Waals surface area contributed by atoms with Gasteiger partial charge in [0.1, 0.15) is 17.3 Å². The molecule has 4 rings (SSSR count). The maximum Gasteiger partial charge on any atom is 0.295 e. The van der Waals surface area contributed by atoms with E-state index < -0.39 is 17.7 Å². The van der Waals surface area contributed by atoms with Crippen LogP contribution in [0, 0.1) is 0 Å². The SMILES string of the molecule is CCCOc1cccc(/C(O)=C2/C(=O)C(=O)N(Cc3cccs3)C2c2cccc(O)c2)c1. The number of hydrogen-bond acceptors (Lipinski definition) is 6. The lowest BCUT2D eigenvalue weighted by atomic mass is 9.95. The van der Waals surface area contributed by atoms with Gasteiger partial charge < -0.3 is 19.8 Å². The Balaban J connectivity index is 1.82. The highest BCUT2D eigenvalue weighted by Gasteiger charge is 2.46. The molecule has 0 bridgehead atoms. The fraction of sp³-hybridized carbons (Fsp3) is 0.200. The van der Waals surface area contributed by atoms with Gasteiger partial charge in [0, 0.05) is 10.4 Å². The molecule has 0 radical (unpaired) electrons. The Morgan fingerprint density at radius 2 is 1.91 bits per heavy atom. The summed E-state index contributed by atoms with van der Waals surface area (Å²) in [4.78, 5) is 28.4. The first-order valence-electron chi connectivity index (χ1n) is 10.3. The van der Waals surface area contributed by atoms with Gasteiger partial charge >= 0.3 is 0 Å². The van der Waals surface area contributed by atoms with Crippen molar-refractivity contribution in [2.24, 2.45) is 0 Å². The lowest BCUT2D eigenvalue weighted by Gasteiger charge is -2.25. The molecule has 6 nitrogen and oxygen atoms in total. The number of phenols is 1. The van der Waals surface area contributed by atoms with Crippen molar-refractivity contribution in [3.8, 4) is 11.5 Å². The summed E-state index contributed by atoms with van der Waals surface area (Å²) in [7, 11) is 0. The molecule has 1 aliphatic rings. The maximum absolute atomic E-state index is 13.1. The van der Waals surface area contributed by atoms with Crippen molar-refractivity contribution in [3.63, 3.8) is 0 Å². The summed E-state index contributed by atoms with van der Waals surface area (Å²) < 4.78 is 5.65. The topological polar surface area (TPSA) is 87.1 Å². The van der Waals surface area contributed by atoms with Gasteiger partial charge in [-0.25, -0.2) is 0 Å². The fourth-order valence-corrected chi connectivity index (χ4v) is 4.47. The molecule has 32 heavy (non-hydrogen) atoms. The van der Waals surface area contributed by atoms with Crippen molar-refractivity contribution in [1.82, 2.24) is 4.90 Å². The van der Waals surface area contributed by atoms with Crippen LogP contribution in [0.1, 0.15) is 35.4 Å². The first-order valence-corrected chi connectivity index (χ1v) is 11.2. The van der Waals surface area contributed by atoms with E-state index in [9.17, 15) is 19.8 Å². The molecule has 1 atom stereocenters. The summed E-state index contributed by atoms with van der Waals surface area (Å²) in [5, 5.41) is 23.1. The van der Waals surface area contributed by atoms with Crippen LogP contribution >= 0.6 is 11.3 Å². The Labute approximate surface area is 190 Å². The highest BCUT2D eigenvalue weighted by molar-refractivity contribution is 7.09. The van der Waals surface area contributed by atoms with Crippen molar-refractivity contribution in [2.45, 2.75) is 25.9 Å². The zero-order valence-corrected chi connectivity index (χ0v) is 18.3. The normalized spacial score (nSPS) is 17.7. The molecule has 0 spiro atoms. The monoisotopic (exact) mass is 449 g/mol. The minimum absolute atomic E-state index is 0.00945. The van der Waals surface area contributed by atoms with E-state index in [-0.39, 0.29) is 23.6 Å². The number of carbonyl (C=O) groups is 2. The fourth-order valence-electron chi connectivity index (χ4n) is 3.76. The van der Waals surface area contributed by atoms with Crippen LogP contribution in [-0.4, -0.2) is 33.4 Å². The van der Waals surface area contributed by atoms with Gasteiger partial charge in [0.05, 0.1) is 24.8 Å². The van der Waals surface area contributed by atoms with E-state index in [2.05, 4.69) is 0 Å². The molecule has 1 unspecified atom stereocenters. The van der Waals surface area contributed by atoms with Crippen LogP contribution in [-0.2, 0) is 16.1 Å². The van der Waals surface area contributed by atoms with Crippen LogP contribution in [0.4, 0.5) is 0 Å². The minimum atomic E-state index is -0.829. The van der Waals surface area contributed by atoms with Gasteiger partial charge in [0.2, 0.25) is 0 Å². The number of ketones is 1. The Kier molecular flexibility index (Phi) is 6.28. The van der Waals surface area contributed by atoms with Crippen LogP contribution < -0.4 is 4.74 Å².